The van der Waals surface area contributed by atoms with Crippen LogP contribution in [-0.2, 0) is 37.3 Å². The van der Waals surface area contributed by atoms with E-state index in [0.717, 1.165) is 94.4 Å². The Hall–Kier alpha value is -6.55. The number of pyridine rings is 1. The normalized spacial score (nSPS) is 12.3. The van der Waals surface area contributed by atoms with E-state index in [-0.39, 0.29) is 43.1 Å². The maximum Gasteiger partial charge on any atom is 0.148 e. The summed E-state index contributed by atoms with van der Waals surface area (Å²) in [5, 5.41) is 14.5. The molecule has 0 radical (unpaired) electrons. The van der Waals surface area contributed by atoms with Crippen molar-refractivity contribution < 1.29 is 30.6 Å². The topological polar surface area (TPSA) is 64.1 Å². The molecule has 3 heterocycles. The van der Waals surface area contributed by atoms with Gasteiger partial charge in [0.2, 0.25) is 0 Å². The van der Waals surface area contributed by atoms with Gasteiger partial charge in [-0.1, -0.05) is 189 Å². The van der Waals surface area contributed by atoms with Crippen molar-refractivity contribution in [1.82, 2.24) is 14.5 Å². The van der Waals surface area contributed by atoms with Crippen molar-refractivity contribution in [3.63, 3.8) is 0 Å². The largest absolute Gasteiger partial charge is 0.507 e. The Labute approximate surface area is 402 Å². The van der Waals surface area contributed by atoms with Gasteiger partial charge in [-0.3, -0.25) is 9.55 Å². The molecule has 6 heteroatoms. The molecule has 0 aliphatic rings. The number of hydrogen-bond donors (Lipinski definition) is 1. The summed E-state index contributed by atoms with van der Waals surface area (Å²) in [6, 6.07) is 56.8. The number of rotatable bonds is 6. The molecular weight excluding hydrogens is 990 g/mol. The van der Waals surface area contributed by atoms with Gasteiger partial charge in [0.25, 0.3) is 0 Å². The van der Waals surface area contributed by atoms with Gasteiger partial charge in [0.05, 0.1) is 27.9 Å². The molecule has 0 atom stereocenters. The van der Waals surface area contributed by atoms with Gasteiger partial charge in [-0.2, -0.15) is 0 Å². The third kappa shape index (κ3) is 7.98. The van der Waals surface area contributed by atoms with Gasteiger partial charge in [-0.05, 0) is 79.8 Å². The van der Waals surface area contributed by atoms with Crippen LogP contribution in [0, 0.1) is 6.07 Å². The van der Waals surface area contributed by atoms with E-state index in [1.807, 2.05) is 18.3 Å². The molecular formula is C60H54N3O2Pt-. The van der Waals surface area contributed by atoms with Crippen molar-refractivity contribution >= 4 is 33.0 Å². The third-order valence-corrected chi connectivity index (χ3v) is 12.7. The Morgan fingerprint density at radius 1 is 0.561 bits per heavy atom. The fourth-order valence-corrected chi connectivity index (χ4v) is 9.07. The zero-order valence-corrected chi connectivity index (χ0v) is 41.3. The van der Waals surface area contributed by atoms with Gasteiger partial charge < -0.3 is 9.52 Å². The Morgan fingerprint density at radius 2 is 1.23 bits per heavy atom. The standard InChI is InChI=1S/C60H54N3O2.Pt/c1-58(2,3)41-29-30-61-50(36-41)47-32-40(31-46-45-28-27-39(33-53(45)65-56(46)47)37-19-12-10-13-20-37)44-24-18-26-52-54(44)62-57(48-34-42(59(4,5)6)35-49(55(48)64)60(7,8)9)63(52)51-25-17-16-23-43(51)38-21-14-11-15-22-38;/h10-31,33-36,64H,1-9H3;/q-1;. The Balaban J connectivity index is 0.00000548. The van der Waals surface area contributed by atoms with Gasteiger partial charge in [-0.25, -0.2) is 4.98 Å². The quantitative estimate of drug-likeness (QED) is 0.169. The zero-order chi connectivity index (χ0) is 45.4. The summed E-state index contributed by atoms with van der Waals surface area (Å²) < 4.78 is 9.11. The number of aromatic hydroxyl groups is 1. The van der Waals surface area contributed by atoms with Crippen LogP contribution in [0.2, 0.25) is 0 Å². The predicted octanol–water partition coefficient (Wildman–Crippen LogP) is 16.1. The minimum atomic E-state index is -0.335. The van der Waals surface area contributed by atoms with Gasteiger partial charge in [0.15, 0.2) is 0 Å². The van der Waals surface area contributed by atoms with Gasteiger partial charge in [-0.15, -0.1) is 17.7 Å². The molecule has 5 nitrogen and oxygen atoms in total. The van der Waals surface area contributed by atoms with Crippen molar-refractivity contribution in [1.29, 1.82) is 0 Å². The first-order valence-electron chi connectivity index (χ1n) is 22.5. The van der Waals surface area contributed by atoms with Crippen molar-refractivity contribution in [2.45, 2.75) is 78.6 Å². The molecule has 0 amide bonds. The van der Waals surface area contributed by atoms with Crippen LogP contribution in [0.3, 0.4) is 0 Å². The molecule has 0 spiro atoms. The molecule has 0 bridgehead atoms. The van der Waals surface area contributed by atoms with Gasteiger partial charge >= 0.3 is 0 Å². The molecule has 0 unspecified atom stereocenters. The van der Waals surface area contributed by atoms with E-state index in [9.17, 15) is 5.11 Å². The van der Waals surface area contributed by atoms with E-state index in [1.165, 1.54) is 5.56 Å². The van der Waals surface area contributed by atoms with Crippen LogP contribution in [0.4, 0.5) is 0 Å². The van der Waals surface area contributed by atoms with Crippen molar-refractivity contribution in [3.8, 4) is 67.5 Å². The molecule has 0 saturated carbocycles. The number of imidazole rings is 1. The van der Waals surface area contributed by atoms with Crippen LogP contribution in [-0.4, -0.2) is 19.6 Å². The first kappa shape index (κ1) is 44.6. The van der Waals surface area contributed by atoms with Crippen molar-refractivity contribution in [2.24, 2.45) is 0 Å². The molecule has 7 aromatic carbocycles. The summed E-state index contributed by atoms with van der Waals surface area (Å²) in [5.74, 6) is 0.897. The van der Waals surface area contributed by atoms with Crippen LogP contribution in [0.15, 0.2) is 162 Å². The Bertz CT molecular complexity index is 3430. The van der Waals surface area contributed by atoms with E-state index in [0.29, 0.717) is 11.4 Å². The fraction of sp³-hybridized carbons (Fsp3) is 0.200. The number of phenols is 1. The third-order valence-electron chi connectivity index (χ3n) is 12.7. The first-order chi connectivity index (χ1) is 31.0. The summed E-state index contributed by atoms with van der Waals surface area (Å²) >= 11 is 0. The molecule has 332 valence electrons. The monoisotopic (exact) mass is 1040 g/mol. The number of aromatic nitrogens is 3. The minimum absolute atomic E-state index is 0. The van der Waals surface area contributed by atoms with E-state index in [2.05, 4.69) is 212 Å². The summed E-state index contributed by atoms with van der Waals surface area (Å²) in [4.78, 5) is 10.6. The van der Waals surface area contributed by atoms with Gasteiger partial charge in [0.1, 0.15) is 17.2 Å². The number of para-hydroxylation sites is 2. The first-order valence-corrected chi connectivity index (χ1v) is 22.5. The van der Waals surface area contributed by atoms with Crippen molar-refractivity contribution in [3.05, 3.63) is 181 Å². The van der Waals surface area contributed by atoms with Crippen LogP contribution in [0.25, 0.3) is 94.7 Å². The average Bonchev–Trinajstić information content (AvgIpc) is 3.87. The number of furan rings is 1. The molecule has 3 aromatic heterocycles. The van der Waals surface area contributed by atoms with E-state index < -0.39 is 0 Å². The molecule has 1 N–H and O–H groups in total. The summed E-state index contributed by atoms with van der Waals surface area (Å²) in [7, 11) is 0. The fourth-order valence-electron chi connectivity index (χ4n) is 9.07. The van der Waals surface area contributed by atoms with Gasteiger partial charge in [0, 0.05) is 49.5 Å². The maximum absolute atomic E-state index is 12.5. The van der Waals surface area contributed by atoms with Crippen LogP contribution >= 0.6 is 0 Å². The average molecular weight is 1040 g/mol. The summed E-state index contributed by atoms with van der Waals surface area (Å²) in [6.45, 7) is 19.8. The Morgan fingerprint density at radius 3 is 1.92 bits per heavy atom. The summed E-state index contributed by atoms with van der Waals surface area (Å²) in [6.07, 6.45) is 1.89. The SMILES string of the molecule is CC(C)(C)c1ccnc(-c2[c-]c(-c3cccc4c3nc(-c3cc(C(C)(C)C)cc(C(C)(C)C)c3O)n4-c3ccccc3-c3ccccc3)cc3c2oc2cc(-c4ccccc4)ccc23)c1.[Pt]. The van der Waals surface area contributed by atoms with E-state index in [4.69, 9.17) is 14.4 Å². The minimum Gasteiger partial charge on any atom is -0.507 e. The van der Waals surface area contributed by atoms with Crippen molar-refractivity contribution in [2.75, 3.05) is 0 Å². The Kier molecular flexibility index (Phi) is 11.3. The second-order valence-corrected chi connectivity index (χ2v) is 20.4. The number of nitrogens with zero attached hydrogens (tertiary/aromatic N) is 3. The number of hydrogen-bond acceptors (Lipinski definition) is 4. The second kappa shape index (κ2) is 16.7. The molecule has 0 aliphatic carbocycles. The van der Waals surface area contributed by atoms with E-state index >= 15 is 0 Å². The molecule has 10 aromatic rings. The second-order valence-electron chi connectivity index (χ2n) is 20.4. The molecule has 0 aliphatic heterocycles. The molecule has 0 saturated heterocycles. The van der Waals surface area contributed by atoms with Crippen LogP contribution in [0.1, 0.15) is 79.0 Å². The van der Waals surface area contributed by atoms with E-state index in [1.54, 1.807) is 0 Å². The maximum atomic E-state index is 12.5. The van der Waals surface area contributed by atoms with Crippen LogP contribution < -0.4 is 0 Å². The number of benzene rings is 7. The zero-order valence-electron chi connectivity index (χ0n) is 39.0. The summed E-state index contributed by atoms with van der Waals surface area (Å²) in [5.41, 5.74) is 15.2. The number of phenolic OH excluding ortho intramolecular Hbond substituents is 1. The van der Waals surface area contributed by atoms with Crippen LogP contribution in [0.5, 0.6) is 5.75 Å². The predicted molar refractivity (Wildman–Crippen MR) is 270 cm³/mol. The molecule has 10 rings (SSSR count). The molecule has 0 fully saturated rings. The smallest absolute Gasteiger partial charge is 0.148 e. The number of fused-ring (bicyclic) bond motifs is 4. The molecule has 66 heavy (non-hydrogen) atoms.